The van der Waals surface area contributed by atoms with Crippen molar-refractivity contribution >= 4 is 11.8 Å². The Morgan fingerprint density at radius 1 is 1.22 bits per heavy atom. The lowest BCUT2D eigenvalue weighted by Gasteiger charge is -2.08. The summed E-state index contributed by atoms with van der Waals surface area (Å²) in [4.78, 5) is 22.9. The minimum absolute atomic E-state index is 0.190. The van der Waals surface area contributed by atoms with Gasteiger partial charge in [-0.15, -0.1) is 0 Å². The molecule has 0 aliphatic heterocycles. The Hall–Kier alpha value is -1.88. The molecule has 5 heteroatoms. The molecule has 0 aromatic heterocycles. The van der Waals surface area contributed by atoms with E-state index in [9.17, 15) is 9.59 Å². The monoisotopic (exact) mass is 250 g/mol. The van der Waals surface area contributed by atoms with Crippen LogP contribution in [0.4, 0.5) is 0 Å². The standard InChI is InChI=1S/C13H18N2O3/c1-10(16)9-15-12(17)7-8-14-13(18)11-5-3-2-4-6-11/h2-6,10,16H,7-9H2,1H3,(H,14,18)(H,15,17)/t10-/m1/s1. The maximum Gasteiger partial charge on any atom is 0.251 e. The Morgan fingerprint density at radius 2 is 1.89 bits per heavy atom. The SMILES string of the molecule is C[C@@H](O)CNC(=O)CCNC(=O)c1ccccc1. The second-order valence-corrected chi connectivity index (χ2v) is 4.03. The zero-order valence-electron chi connectivity index (χ0n) is 10.3. The molecule has 0 saturated heterocycles. The summed E-state index contributed by atoms with van der Waals surface area (Å²) in [5.74, 6) is -0.386. The molecule has 0 radical (unpaired) electrons. The van der Waals surface area contributed by atoms with E-state index in [-0.39, 0.29) is 31.3 Å². The largest absolute Gasteiger partial charge is 0.392 e. The number of nitrogens with one attached hydrogen (secondary N) is 2. The quantitative estimate of drug-likeness (QED) is 0.679. The first-order valence-electron chi connectivity index (χ1n) is 5.87. The second kappa shape index (κ2) is 7.45. The molecule has 0 saturated carbocycles. The van der Waals surface area contributed by atoms with Crippen molar-refractivity contribution in [1.29, 1.82) is 0 Å². The van der Waals surface area contributed by atoms with Crippen molar-refractivity contribution in [3.8, 4) is 0 Å². The Balaban J connectivity index is 2.22. The third-order valence-corrected chi connectivity index (χ3v) is 2.27. The lowest BCUT2D eigenvalue weighted by Crippen LogP contribution is -2.34. The average Bonchev–Trinajstić information content (AvgIpc) is 2.37. The molecule has 1 rings (SSSR count). The molecule has 18 heavy (non-hydrogen) atoms. The smallest absolute Gasteiger partial charge is 0.251 e. The van der Waals surface area contributed by atoms with Crippen LogP contribution in [-0.2, 0) is 4.79 Å². The van der Waals surface area contributed by atoms with E-state index in [1.54, 1.807) is 31.2 Å². The van der Waals surface area contributed by atoms with E-state index in [4.69, 9.17) is 5.11 Å². The highest BCUT2D eigenvalue weighted by Gasteiger charge is 2.06. The van der Waals surface area contributed by atoms with E-state index in [2.05, 4.69) is 10.6 Å². The van der Waals surface area contributed by atoms with Crippen molar-refractivity contribution in [3.05, 3.63) is 35.9 Å². The van der Waals surface area contributed by atoms with Crippen LogP contribution in [0.5, 0.6) is 0 Å². The van der Waals surface area contributed by atoms with Gasteiger partial charge in [-0.25, -0.2) is 0 Å². The summed E-state index contributed by atoms with van der Waals surface area (Å²) in [6.45, 7) is 2.10. The highest BCUT2D eigenvalue weighted by atomic mass is 16.3. The molecule has 98 valence electrons. The highest BCUT2D eigenvalue weighted by molar-refractivity contribution is 5.94. The summed E-state index contributed by atoms with van der Waals surface area (Å²) >= 11 is 0. The summed E-state index contributed by atoms with van der Waals surface area (Å²) in [7, 11) is 0. The first-order valence-corrected chi connectivity index (χ1v) is 5.87. The van der Waals surface area contributed by atoms with Gasteiger partial charge in [-0.05, 0) is 19.1 Å². The molecule has 5 nitrogen and oxygen atoms in total. The van der Waals surface area contributed by atoms with Gasteiger partial charge in [0.25, 0.3) is 5.91 Å². The van der Waals surface area contributed by atoms with Crippen molar-refractivity contribution in [2.75, 3.05) is 13.1 Å². The molecule has 0 unspecified atom stereocenters. The Labute approximate surface area is 106 Å². The minimum atomic E-state index is -0.562. The van der Waals surface area contributed by atoms with Gasteiger partial charge in [0.05, 0.1) is 6.10 Å². The van der Waals surface area contributed by atoms with E-state index in [0.29, 0.717) is 5.56 Å². The number of amides is 2. The van der Waals surface area contributed by atoms with E-state index in [1.807, 2.05) is 6.07 Å². The minimum Gasteiger partial charge on any atom is -0.392 e. The van der Waals surface area contributed by atoms with Crippen molar-refractivity contribution in [3.63, 3.8) is 0 Å². The molecule has 0 spiro atoms. The Morgan fingerprint density at radius 3 is 2.50 bits per heavy atom. The first-order chi connectivity index (χ1) is 8.59. The Kier molecular flexibility index (Phi) is 5.87. The predicted octanol–water partition coefficient (Wildman–Crippen LogP) is 0.303. The van der Waals surface area contributed by atoms with Crippen LogP contribution in [0.15, 0.2) is 30.3 Å². The normalized spacial score (nSPS) is 11.7. The average molecular weight is 250 g/mol. The van der Waals surface area contributed by atoms with E-state index in [0.717, 1.165) is 0 Å². The maximum absolute atomic E-state index is 11.6. The summed E-state index contributed by atoms with van der Waals surface area (Å²) in [6.07, 6.45) is -0.362. The van der Waals surface area contributed by atoms with Crippen LogP contribution in [0, 0.1) is 0 Å². The Bertz CT molecular complexity index is 390. The molecular formula is C13H18N2O3. The molecule has 0 fully saturated rings. The highest BCUT2D eigenvalue weighted by Crippen LogP contribution is 1.97. The van der Waals surface area contributed by atoms with Gasteiger partial charge in [0, 0.05) is 25.1 Å². The topological polar surface area (TPSA) is 78.4 Å². The number of hydrogen-bond acceptors (Lipinski definition) is 3. The van der Waals surface area contributed by atoms with Gasteiger partial charge in [0.15, 0.2) is 0 Å². The van der Waals surface area contributed by atoms with Gasteiger partial charge < -0.3 is 15.7 Å². The van der Waals surface area contributed by atoms with Crippen molar-refractivity contribution in [1.82, 2.24) is 10.6 Å². The van der Waals surface area contributed by atoms with Gasteiger partial charge in [-0.1, -0.05) is 18.2 Å². The molecule has 1 atom stereocenters. The molecule has 0 aliphatic carbocycles. The van der Waals surface area contributed by atoms with Crippen LogP contribution in [-0.4, -0.2) is 36.1 Å². The van der Waals surface area contributed by atoms with Gasteiger partial charge in [-0.3, -0.25) is 9.59 Å². The molecular weight excluding hydrogens is 232 g/mol. The number of aliphatic hydroxyl groups is 1. The van der Waals surface area contributed by atoms with Crippen LogP contribution < -0.4 is 10.6 Å². The van der Waals surface area contributed by atoms with Crippen LogP contribution in [0.1, 0.15) is 23.7 Å². The summed E-state index contributed by atoms with van der Waals surface area (Å²) < 4.78 is 0. The first kappa shape index (κ1) is 14.2. The number of carbonyl (C=O) groups is 2. The number of hydrogen-bond donors (Lipinski definition) is 3. The fraction of sp³-hybridized carbons (Fsp3) is 0.385. The number of carbonyl (C=O) groups excluding carboxylic acids is 2. The number of rotatable bonds is 6. The molecule has 0 heterocycles. The van der Waals surface area contributed by atoms with Crippen molar-refractivity contribution in [2.24, 2.45) is 0 Å². The molecule has 0 bridgehead atoms. The van der Waals surface area contributed by atoms with E-state index >= 15 is 0 Å². The summed E-state index contributed by atoms with van der Waals surface area (Å²) in [5, 5.41) is 14.2. The number of aliphatic hydroxyl groups excluding tert-OH is 1. The maximum atomic E-state index is 11.6. The zero-order valence-corrected chi connectivity index (χ0v) is 10.3. The van der Waals surface area contributed by atoms with Crippen LogP contribution in [0.25, 0.3) is 0 Å². The van der Waals surface area contributed by atoms with Gasteiger partial charge >= 0.3 is 0 Å². The van der Waals surface area contributed by atoms with Crippen molar-refractivity contribution < 1.29 is 14.7 Å². The lowest BCUT2D eigenvalue weighted by molar-refractivity contribution is -0.121. The molecule has 0 aliphatic rings. The van der Waals surface area contributed by atoms with Crippen LogP contribution in [0.3, 0.4) is 0 Å². The van der Waals surface area contributed by atoms with Crippen LogP contribution in [0.2, 0.25) is 0 Å². The predicted molar refractivity (Wildman–Crippen MR) is 68.1 cm³/mol. The third-order valence-electron chi connectivity index (χ3n) is 2.27. The molecule has 1 aromatic rings. The second-order valence-electron chi connectivity index (χ2n) is 4.03. The fourth-order valence-electron chi connectivity index (χ4n) is 1.33. The molecule has 3 N–H and O–H groups in total. The number of benzene rings is 1. The van der Waals surface area contributed by atoms with E-state index < -0.39 is 6.10 Å². The summed E-state index contributed by atoms with van der Waals surface area (Å²) in [5.41, 5.74) is 0.571. The summed E-state index contributed by atoms with van der Waals surface area (Å²) in [6, 6.07) is 8.82. The molecule has 2 amide bonds. The van der Waals surface area contributed by atoms with Gasteiger partial charge in [0.2, 0.25) is 5.91 Å². The van der Waals surface area contributed by atoms with Crippen molar-refractivity contribution in [2.45, 2.75) is 19.4 Å². The fourth-order valence-corrected chi connectivity index (χ4v) is 1.33. The zero-order chi connectivity index (χ0) is 13.4. The van der Waals surface area contributed by atoms with Gasteiger partial charge in [0.1, 0.15) is 0 Å². The molecule has 1 aromatic carbocycles. The third kappa shape index (κ3) is 5.45. The van der Waals surface area contributed by atoms with Crippen LogP contribution >= 0.6 is 0 Å². The van der Waals surface area contributed by atoms with Gasteiger partial charge in [-0.2, -0.15) is 0 Å². The van der Waals surface area contributed by atoms with E-state index in [1.165, 1.54) is 0 Å². The lowest BCUT2D eigenvalue weighted by atomic mass is 10.2.